The summed E-state index contributed by atoms with van der Waals surface area (Å²) < 4.78 is 2.14. The minimum atomic E-state index is -0.549. The summed E-state index contributed by atoms with van der Waals surface area (Å²) in [6, 6.07) is 8.21. The molecule has 1 atom stereocenters. The molecule has 2 aromatic rings. The topological polar surface area (TPSA) is 68.9 Å². The van der Waals surface area contributed by atoms with Crippen LogP contribution in [0.1, 0.15) is 11.3 Å². The van der Waals surface area contributed by atoms with Gasteiger partial charge in [0.1, 0.15) is 0 Å². The molecule has 5 nitrogen and oxygen atoms in total. The highest BCUT2D eigenvalue weighted by Crippen LogP contribution is 2.25. The van der Waals surface area contributed by atoms with Gasteiger partial charge in [-0.1, -0.05) is 18.2 Å². The van der Waals surface area contributed by atoms with Gasteiger partial charge < -0.3 is 19.9 Å². The lowest BCUT2D eigenvalue weighted by molar-refractivity contribution is 0.0777. The maximum absolute atomic E-state index is 10.4. The van der Waals surface area contributed by atoms with Gasteiger partial charge >= 0.3 is 0 Å². The highest BCUT2D eigenvalue weighted by Gasteiger charge is 2.16. The van der Waals surface area contributed by atoms with E-state index in [4.69, 9.17) is 10.2 Å². The third-order valence-corrected chi connectivity index (χ3v) is 4.24. The molecule has 1 aromatic heterocycles. The molecular weight excluding hydrogens is 316 g/mol. The highest BCUT2D eigenvalue weighted by atomic mass is 35.5. The molecule has 2 rings (SSSR count). The molecule has 0 spiro atoms. The van der Waals surface area contributed by atoms with Crippen LogP contribution in [0.15, 0.2) is 24.3 Å². The van der Waals surface area contributed by atoms with Crippen molar-refractivity contribution >= 4 is 23.3 Å². The molecule has 0 aliphatic heterocycles. The second kappa shape index (κ2) is 9.25. The zero-order valence-electron chi connectivity index (χ0n) is 13.8. The minimum absolute atomic E-state index is 0. The second-order valence-corrected chi connectivity index (χ2v) is 5.74. The van der Waals surface area contributed by atoms with E-state index in [2.05, 4.69) is 30.5 Å². The van der Waals surface area contributed by atoms with Crippen molar-refractivity contribution in [2.75, 3.05) is 32.8 Å². The molecule has 0 amide bonds. The van der Waals surface area contributed by atoms with Gasteiger partial charge in [0, 0.05) is 36.2 Å². The first-order valence-corrected chi connectivity index (χ1v) is 7.75. The summed E-state index contributed by atoms with van der Waals surface area (Å²) in [5.74, 6) is 0. The van der Waals surface area contributed by atoms with Crippen molar-refractivity contribution in [3.8, 4) is 0 Å². The van der Waals surface area contributed by atoms with Crippen molar-refractivity contribution in [2.24, 2.45) is 0 Å². The van der Waals surface area contributed by atoms with Crippen molar-refractivity contribution in [1.82, 2.24) is 9.47 Å². The van der Waals surface area contributed by atoms with Crippen molar-refractivity contribution in [3.63, 3.8) is 0 Å². The molecule has 0 aliphatic carbocycles. The number of para-hydroxylation sites is 1. The van der Waals surface area contributed by atoms with Crippen molar-refractivity contribution in [3.05, 3.63) is 35.5 Å². The Morgan fingerprint density at radius 1 is 1.09 bits per heavy atom. The fourth-order valence-electron chi connectivity index (χ4n) is 2.98. The van der Waals surface area contributed by atoms with Crippen LogP contribution in [0.25, 0.3) is 10.9 Å². The van der Waals surface area contributed by atoms with Crippen LogP contribution in [0.5, 0.6) is 0 Å². The first-order valence-electron chi connectivity index (χ1n) is 7.75. The Bertz CT molecular complexity index is 609. The maximum Gasteiger partial charge on any atom is 0.0845 e. The van der Waals surface area contributed by atoms with Crippen molar-refractivity contribution in [1.29, 1.82) is 0 Å². The number of rotatable bonds is 8. The number of nitrogens with zero attached hydrogens (tertiary/aromatic N) is 2. The molecule has 6 heteroatoms. The van der Waals surface area contributed by atoms with E-state index in [1.807, 2.05) is 17.0 Å². The van der Waals surface area contributed by atoms with Crippen LogP contribution in [0.2, 0.25) is 0 Å². The number of aromatic nitrogens is 1. The van der Waals surface area contributed by atoms with E-state index in [0.717, 1.165) is 11.2 Å². The van der Waals surface area contributed by atoms with Crippen LogP contribution in [-0.2, 0) is 6.54 Å². The van der Waals surface area contributed by atoms with Gasteiger partial charge in [0.2, 0.25) is 0 Å². The van der Waals surface area contributed by atoms with Gasteiger partial charge in [0.25, 0.3) is 0 Å². The molecule has 1 aromatic carbocycles. The van der Waals surface area contributed by atoms with E-state index >= 15 is 0 Å². The lowest BCUT2D eigenvalue weighted by Gasteiger charge is -2.24. The molecule has 1 unspecified atom stereocenters. The van der Waals surface area contributed by atoms with E-state index in [0.29, 0.717) is 26.2 Å². The van der Waals surface area contributed by atoms with Crippen LogP contribution in [0.4, 0.5) is 0 Å². The molecule has 0 radical (unpaired) electrons. The first-order chi connectivity index (χ1) is 10.6. The molecule has 0 saturated heterocycles. The number of benzene rings is 1. The molecular formula is C17H27ClN2O3. The number of aliphatic hydroxyl groups is 3. The SMILES string of the molecule is Cc1c(C)n(CC(O)CN(CCO)CCO)c2ccccc12.Cl. The fraction of sp³-hybridized carbons (Fsp3) is 0.529. The number of hydrogen-bond acceptors (Lipinski definition) is 4. The van der Waals surface area contributed by atoms with Crippen LogP contribution in [0, 0.1) is 13.8 Å². The summed E-state index contributed by atoms with van der Waals surface area (Å²) in [4.78, 5) is 1.87. The van der Waals surface area contributed by atoms with E-state index in [9.17, 15) is 5.11 Å². The number of aliphatic hydroxyl groups excluding tert-OH is 3. The van der Waals surface area contributed by atoms with Crippen molar-refractivity contribution in [2.45, 2.75) is 26.5 Å². The van der Waals surface area contributed by atoms with E-state index in [1.54, 1.807) is 0 Å². The monoisotopic (exact) mass is 342 g/mol. The van der Waals surface area contributed by atoms with Gasteiger partial charge in [-0.2, -0.15) is 0 Å². The largest absolute Gasteiger partial charge is 0.395 e. The van der Waals surface area contributed by atoms with Crippen LogP contribution in [-0.4, -0.2) is 63.7 Å². The standard InChI is InChI=1S/C17H26N2O3.ClH/c1-13-14(2)19(17-6-4-3-5-16(13)17)12-15(22)11-18(7-9-20)8-10-21;/h3-6,15,20-22H,7-12H2,1-2H3;1H. The summed E-state index contributed by atoms with van der Waals surface area (Å²) >= 11 is 0. The van der Waals surface area contributed by atoms with Crippen molar-refractivity contribution < 1.29 is 15.3 Å². The number of aryl methyl sites for hydroxylation is 1. The molecule has 0 bridgehead atoms. The lowest BCUT2D eigenvalue weighted by Crippen LogP contribution is -2.38. The quantitative estimate of drug-likeness (QED) is 0.677. The Labute approximate surface area is 143 Å². The van der Waals surface area contributed by atoms with Gasteiger partial charge in [0.05, 0.1) is 25.9 Å². The van der Waals surface area contributed by atoms with E-state index < -0.39 is 6.10 Å². The summed E-state index contributed by atoms with van der Waals surface area (Å²) in [5.41, 5.74) is 3.54. The van der Waals surface area contributed by atoms with Gasteiger partial charge in [-0.25, -0.2) is 0 Å². The molecule has 130 valence electrons. The zero-order chi connectivity index (χ0) is 16.1. The predicted octanol–water partition coefficient (Wildman–Crippen LogP) is 1.33. The molecule has 1 heterocycles. The molecule has 0 saturated carbocycles. The third-order valence-electron chi connectivity index (χ3n) is 4.24. The second-order valence-electron chi connectivity index (χ2n) is 5.74. The Hall–Kier alpha value is -1.11. The first kappa shape index (κ1) is 19.9. The lowest BCUT2D eigenvalue weighted by atomic mass is 10.2. The Balaban J connectivity index is 0.00000264. The normalized spacial score (nSPS) is 12.6. The van der Waals surface area contributed by atoms with Crippen LogP contribution in [0.3, 0.4) is 0 Å². The Morgan fingerprint density at radius 3 is 2.30 bits per heavy atom. The Kier molecular flexibility index (Phi) is 8.02. The van der Waals surface area contributed by atoms with E-state index in [1.165, 1.54) is 10.9 Å². The average Bonchev–Trinajstić information content (AvgIpc) is 2.73. The van der Waals surface area contributed by atoms with Gasteiger partial charge in [-0.15, -0.1) is 12.4 Å². The summed E-state index contributed by atoms with van der Waals surface area (Å²) in [6.45, 7) is 6.09. The minimum Gasteiger partial charge on any atom is -0.395 e. The number of fused-ring (bicyclic) bond motifs is 1. The predicted molar refractivity (Wildman–Crippen MR) is 95.3 cm³/mol. The van der Waals surface area contributed by atoms with E-state index in [-0.39, 0.29) is 25.6 Å². The zero-order valence-corrected chi connectivity index (χ0v) is 14.6. The molecule has 23 heavy (non-hydrogen) atoms. The third kappa shape index (κ3) is 4.68. The number of hydrogen-bond donors (Lipinski definition) is 3. The Morgan fingerprint density at radius 2 is 1.70 bits per heavy atom. The van der Waals surface area contributed by atoms with Gasteiger partial charge in [-0.05, 0) is 25.5 Å². The highest BCUT2D eigenvalue weighted by molar-refractivity contribution is 5.85. The summed E-state index contributed by atoms with van der Waals surface area (Å²) in [6.07, 6.45) is -0.549. The smallest absolute Gasteiger partial charge is 0.0845 e. The maximum atomic E-state index is 10.4. The van der Waals surface area contributed by atoms with Crippen LogP contribution < -0.4 is 0 Å². The molecule has 3 N–H and O–H groups in total. The fourth-order valence-corrected chi connectivity index (χ4v) is 2.98. The number of halogens is 1. The molecule has 0 aliphatic rings. The van der Waals surface area contributed by atoms with Gasteiger partial charge in [0.15, 0.2) is 0 Å². The molecule has 0 fully saturated rings. The summed E-state index contributed by atoms with van der Waals surface area (Å²) in [5, 5.41) is 29.7. The summed E-state index contributed by atoms with van der Waals surface area (Å²) in [7, 11) is 0. The average molecular weight is 343 g/mol. The van der Waals surface area contributed by atoms with Gasteiger partial charge in [-0.3, -0.25) is 4.90 Å². The van der Waals surface area contributed by atoms with Crippen LogP contribution >= 0.6 is 12.4 Å².